The molecule has 1 aromatic rings. The molecule has 1 saturated heterocycles. The van der Waals surface area contributed by atoms with E-state index in [-0.39, 0.29) is 22.4 Å². The van der Waals surface area contributed by atoms with Gasteiger partial charge in [0.15, 0.2) is 9.84 Å². The van der Waals surface area contributed by atoms with Gasteiger partial charge in [0, 0.05) is 6.54 Å². The SMILES string of the molecule is CCNc1nnc(C(=O)NC2(C)CCS(=O)(=O)C2)s1. The van der Waals surface area contributed by atoms with Crippen molar-refractivity contribution in [3.8, 4) is 0 Å². The molecule has 2 heterocycles. The minimum absolute atomic E-state index is 0.0232. The summed E-state index contributed by atoms with van der Waals surface area (Å²) in [6, 6.07) is 0. The summed E-state index contributed by atoms with van der Waals surface area (Å²) in [5.74, 6) is -0.283. The summed E-state index contributed by atoms with van der Waals surface area (Å²) in [7, 11) is -3.04. The number of anilines is 1. The van der Waals surface area contributed by atoms with Crippen molar-refractivity contribution in [3.05, 3.63) is 5.01 Å². The number of aromatic nitrogens is 2. The Bertz CT molecular complexity index is 583. The van der Waals surface area contributed by atoms with Crippen LogP contribution in [0.4, 0.5) is 5.13 Å². The number of carbonyl (C=O) groups excluding carboxylic acids is 1. The highest BCUT2D eigenvalue weighted by atomic mass is 32.2. The highest BCUT2D eigenvalue weighted by Crippen LogP contribution is 2.24. The molecule has 1 unspecified atom stereocenters. The smallest absolute Gasteiger partial charge is 0.282 e. The fraction of sp³-hybridized carbons (Fsp3) is 0.700. The molecular weight excluding hydrogens is 288 g/mol. The van der Waals surface area contributed by atoms with E-state index in [1.54, 1.807) is 6.92 Å². The molecule has 1 atom stereocenters. The van der Waals surface area contributed by atoms with Crippen molar-refractivity contribution in [1.82, 2.24) is 15.5 Å². The molecule has 0 aromatic carbocycles. The number of hydrogen-bond acceptors (Lipinski definition) is 7. The van der Waals surface area contributed by atoms with Crippen molar-refractivity contribution < 1.29 is 13.2 Å². The van der Waals surface area contributed by atoms with Gasteiger partial charge in [-0.25, -0.2) is 8.42 Å². The maximum Gasteiger partial charge on any atom is 0.282 e. The molecule has 0 radical (unpaired) electrons. The third-order valence-corrected chi connectivity index (χ3v) is 5.65. The van der Waals surface area contributed by atoms with Gasteiger partial charge in [-0.2, -0.15) is 0 Å². The number of amides is 1. The van der Waals surface area contributed by atoms with Gasteiger partial charge in [0.25, 0.3) is 5.91 Å². The Balaban J connectivity index is 2.04. The van der Waals surface area contributed by atoms with Crippen LogP contribution < -0.4 is 10.6 Å². The first-order chi connectivity index (χ1) is 8.84. The van der Waals surface area contributed by atoms with Gasteiger partial charge in [0.2, 0.25) is 10.1 Å². The quantitative estimate of drug-likeness (QED) is 0.828. The minimum Gasteiger partial charge on any atom is -0.360 e. The zero-order valence-corrected chi connectivity index (χ0v) is 12.4. The lowest BCUT2D eigenvalue weighted by Gasteiger charge is -2.22. The van der Waals surface area contributed by atoms with E-state index >= 15 is 0 Å². The Labute approximate surface area is 115 Å². The van der Waals surface area contributed by atoms with Crippen LogP contribution in [-0.2, 0) is 9.84 Å². The zero-order chi connectivity index (χ0) is 14.1. The monoisotopic (exact) mass is 304 g/mol. The van der Waals surface area contributed by atoms with Crippen LogP contribution in [-0.4, -0.2) is 48.1 Å². The van der Waals surface area contributed by atoms with Crippen molar-refractivity contribution in [2.45, 2.75) is 25.8 Å². The molecule has 1 aliphatic heterocycles. The van der Waals surface area contributed by atoms with Crippen LogP contribution in [0.1, 0.15) is 30.1 Å². The highest BCUT2D eigenvalue weighted by molar-refractivity contribution is 7.91. The predicted molar refractivity (Wildman–Crippen MR) is 73.2 cm³/mol. The van der Waals surface area contributed by atoms with Crippen molar-refractivity contribution in [2.75, 3.05) is 23.4 Å². The standard InChI is InChI=1S/C10H16N4O3S2/c1-3-11-9-14-13-8(18-9)7(15)12-10(2)4-5-19(16,17)6-10/h3-6H2,1-2H3,(H,11,14)(H,12,15). The molecule has 0 saturated carbocycles. The lowest BCUT2D eigenvalue weighted by molar-refractivity contribution is 0.0914. The van der Waals surface area contributed by atoms with Gasteiger partial charge in [-0.15, -0.1) is 10.2 Å². The van der Waals surface area contributed by atoms with E-state index in [4.69, 9.17) is 0 Å². The van der Waals surface area contributed by atoms with Crippen molar-refractivity contribution in [3.63, 3.8) is 0 Å². The van der Waals surface area contributed by atoms with Gasteiger partial charge in [0.05, 0.1) is 17.0 Å². The Morgan fingerprint density at radius 3 is 2.79 bits per heavy atom. The lowest BCUT2D eigenvalue weighted by atomic mass is 10.0. The summed E-state index contributed by atoms with van der Waals surface area (Å²) >= 11 is 1.15. The van der Waals surface area contributed by atoms with Crippen LogP contribution in [0.25, 0.3) is 0 Å². The second-order valence-electron chi connectivity index (χ2n) is 4.80. The Kier molecular flexibility index (Phi) is 3.77. The maximum atomic E-state index is 12.0. The van der Waals surface area contributed by atoms with Crippen LogP contribution in [0.15, 0.2) is 0 Å². The first-order valence-electron chi connectivity index (χ1n) is 5.94. The topological polar surface area (TPSA) is 101 Å². The van der Waals surface area contributed by atoms with Crippen LogP contribution in [0.5, 0.6) is 0 Å². The van der Waals surface area contributed by atoms with Crippen LogP contribution in [0, 0.1) is 0 Å². The highest BCUT2D eigenvalue weighted by Gasteiger charge is 2.40. The predicted octanol–water partition coefficient (Wildman–Crippen LogP) is 0.277. The van der Waals surface area contributed by atoms with E-state index < -0.39 is 15.4 Å². The summed E-state index contributed by atoms with van der Waals surface area (Å²) in [4.78, 5) is 12.0. The molecule has 0 spiro atoms. The zero-order valence-electron chi connectivity index (χ0n) is 10.8. The Hall–Kier alpha value is -1.22. The van der Waals surface area contributed by atoms with E-state index in [0.717, 1.165) is 11.3 Å². The number of hydrogen-bond donors (Lipinski definition) is 2. The van der Waals surface area contributed by atoms with Crippen LogP contribution in [0.3, 0.4) is 0 Å². The van der Waals surface area contributed by atoms with E-state index in [2.05, 4.69) is 20.8 Å². The molecule has 1 aromatic heterocycles. The Morgan fingerprint density at radius 2 is 2.21 bits per heavy atom. The molecule has 1 aliphatic rings. The number of rotatable bonds is 4. The van der Waals surface area contributed by atoms with Crippen molar-refractivity contribution in [2.24, 2.45) is 0 Å². The molecule has 1 fully saturated rings. The molecule has 1 amide bonds. The summed E-state index contributed by atoms with van der Waals surface area (Å²) < 4.78 is 22.9. The molecule has 2 rings (SSSR count). The van der Waals surface area contributed by atoms with Gasteiger partial charge in [-0.3, -0.25) is 4.79 Å². The average Bonchev–Trinajstić information content (AvgIpc) is 2.84. The summed E-state index contributed by atoms with van der Waals surface area (Å²) in [6.07, 6.45) is 0.431. The number of sulfone groups is 1. The number of nitrogens with zero attached hydrogens (tertiary/aromatic N) is 2. The molecular formula is C10H16N4O3S2. The third kappa shape index (κ3) is 3.41. The normalized spacial score (nSPS) is 25.2. The van der Waals surface area contributed by atoms with E-state index in [0.29, 0.717) is 18.1 Å². The van der Waals surface area contributed by atoms with Gasteiger partial charge in [-0.1, -0.05) is 11.3 Å². The molecule has 106 valence electrons. The first-order valence-corrected chi connectivity index (χ1v) is 8.58. The largest absolute Gasteiger partial charge is 0.360 e. The average molecular weight is 304 g/mol. The van der Waals surface area contributed by atoms with E-state index in [1.165, 1.54) is 0 Å². The van der Waals surface area contributed by atoms with Gasteiger partial charge in [0.1, 0.15) is 0 Å². The molecule has 19 heavy (non-hydrogen) atoms. The fourth-order valence-electron chi connectivity index (χ4n) is 1.97. The van der Waals surface area contributed by atoms with Crippen molar-refractivity contribution >= 4 is 32.2 Å². The third-order valence-electron chi connectivity index (χ3n) is 2.87. The molecule has 2 N–H and O–H groups in total. The van der Waals surface area contributed by atoms with Gasteiger partial charge in [-0.05, 0) is 20.3 Å². The lowest BCUT2D eigenvalue weighted by Crippen LogP contribution is -2.46. The molecule has 0 bridgehead atoms. The maximum absolute atomic E-state index is 12.0. The number of carbonyl (C=O) groups is 1. The molecule has 7 nitrogen and oxygen atoms in total. The summed E-state index contributed by atoms with van der Waals surface area (Å²) in [5.41, 5.74) is -0.708. The molecule has 9 heteroatoms. The van der Waals surface area contributed by atoms with Crippen LogP contribution >= 0.6 is 11.3 Å². The van der Waals surface area contributed by atoms with E-state index in [1.807, 2.05) is 6.92 Å². The fourth-order valence-corrected chi connectivity index (χ4v) is 4.77. The van der Waals surface area contributed by atoms with Crippen LogP contribution in [0.2, 0.25) is 0 Å². The first kappa shape index (κ1) is 14.2. The molecule has 0 aliphatic carbocycles. The summed E-state index contributed by atoms with van der Waals surface area (Å²) in [6.45, 7) is 4.36. The second-order valence-corrected chi connectivity index (χ2v) is 7.96. The summed E-state index contributed by atoms with van der Waals surface area (Å²) in [5, 5.41) is 14.2. The number of nitrogens with one attached hydrogen (secondary N) is 2. The Morgan fingerprint density at radius 1 is 1.47 bits per heavy atom. The van der Waals surface area contributed by atoms with Crippen molar-refractivity contribution in [1.29, 1.82) is 0 Å². The van der Waals surface area contributed by atoms with Gasteiger partial charge >= 0.3 is 0 Å². The van der Waals surface area contributed by atoms with E-state index in [9.17, 15) is 13.2 Å². The second kappa shape index (κ2) is 5.04. The minimum atomic E-state index is -3.04. The van der Waals surface area contributed by atoms with Gasteiger partial charge < -0.3 is 10.6 Å².